The molecule has 4 fully saturated rings. The molecular formula is C102H94N2O33. The zero-order valence-electron chi connectivity index (χ0n) is 74.2. The molecule has 710 valence electrons. The van der Waals surface area contributed by atoms with Crippen molar-refractivity contribution in [3.8, 4) is 0 Å². The van der Waals surface area contributed by atoms with Crippen molar-refractivity contribution < 1.29 is 157 Å². The summed E-state index contributed by atoms with van der Waals surface area (Å²) < 4.78 is 124. The van der Waals surface area contributed by atoms with Crippen LogP contribution in [0.15, 0.2) is 285 Å². The van der Waals surface area contributed by atoms with Crippen LogP contribution in [0, 0.1) is 0 Å². The lowest BCUT2D eigenvalue weighted by atomic mass is 9.93. The van der Waals surface area contributed by atoms with Crippen LogP contribution in [0.2, 0.25) is 0 Å². The molecule has 4 heterocycles. The van der Waals surface area contributed by atoms with E-state index in [-0.39, 0.29) is 51.1 Å². The molecule has 35 nitrogen and oxygen atoms in total. The third-order valence-electron chi connectivity index (χ3n) is 22.2. The van der Waals surface area contributed by atoms with E-state index in [1.54, 1.807) is 66.7 Å². The molecule has 0 aliphatic carbocycles. The van der Waals surface area contributed by atoms with Crippen molar-refractivity contribution in [2.75, 3.05) is 27.4 Å². The van der Waals surface area contributed by atoms with Gasteiger partial charge in [0.05, 0.1) is 71.8 Å². The first-order valence-electron chi connectivity index (χ1n) is 43.4. The maximum absolute atomic E-state index is 15.7. The highest BCUT2D eigenvalue weighted by Crippen LogP contribution is 2.42. The molecule has 2 amide bonds. The number of ether oxygens (including phenoxy) is 19. The molecule has 0 saturated carbocycles. The summed E-state index contributed by atoms with van der Waals surface area (Å²) in [6.45, 7) is 1.10. The van der Waals surface area contributed by atoms with E-state index in [4.69, 9.17) is 90.0 Å². The van der Waals surface area contributed by atoms with Crippen LogP contribution in [0.1, 0.15) is 122 Å². The van der Waals surface area contributed by atoms with Crippen molar-refractivity contribution in [2.24, 2.45) is 0 Å². The molecule has 0 aromatic heterocycles. The van der Waals surface area contributed by atoms with Crippen LogP contribution in [-0.4, -0.2) is 233 Å². The number of rotatable bonds is 35. The van der Waals surface area contributed by atoms with E-state index in [9.17, 15) is 38.4 Å². The van der Waals surface area contributed by atoms with E-state index in [0.717, 1.165) is 38.8 Å². The van der Waals surface area contributed by atoms with Crippen molar-refractivity contribution >= 4 is 94.0 Å². The number of fused-ring (bicyclic) bond motifs is 1. The molecule has 10 aromatic rings. The molecule has 14 rings (SSSR count). The lowest BCUT2D eigenvalue weighted by molar-refractivity contribution is -0.368. The van der Waals surface area contributed by atoms with Crippen LogP contribution in [-0.2, 0) is 125 Å². The van der Waals surface area contributed by atoms with E-state index in [1.807, 2.05) is 36.4 Å². The normalized spacial score (nSPS) is 24.4. The number of methoxy groups -OCH3 is 2. The van der Waals surface area contributed by atoms with Crippen LogP contribution in [0.3, 0.4) is 0 Å². The fraction of sp³-hybridized carbons (Fsp3) is 0.294. The summed E-state index contributed by atoms with van der Waals surface area (Å²) in [6, 6.07) is 67.1. The quantitative estimate of drug-likeness (QED) is 0.0275. The van der Waals surface area contributed by atoms with Gasteiger partial charge in [-0.3, -0.25) is 14.4 Å². The zero-order valence-corrected chi connectivity index (χ0v) is 74.2. The fourth-order valence-corrected chi connectivity index (χ4v) is 15.7. The van der Waals surface area contributed by atoms with Gasteiger partial charge in [-0.1, -0.05) is 182 Å². The van der Waals surface area contributed by atoms with Crippen LogP contribution in [0.25, 0.3) is 10.8 Å². The molecule has 0 bridgehead atoms. The van der Waals surface area contributed by atoms with Crippen LogP contribution >= 0.6 is 0 Å². The molecule has 4 aliphatic heterocycles. The van der Waals surface area contributed by atoms with Crippen LogP contribution < -0.4 is 10.6 Å². The van der Waals surface area contributed by atoms with Gasteiger partial charge in [-0.25, -0.2) is 47.9 Å². The highest BCUT2D eigenvalue weighted by molar-refractivity contribution is 5.94. The highest BCUT2D eigenvalue weighted by atomic mass is 16.8. The number of hydrogen-bond acceptors (Lipinski definition) is 33. The maximum Gasteiger partial charge on any atom is 0.339 e. The Morgan fingerprint density at radius 2 is 0.591 bits per heavy atom. The largest absolute Gasteiger partial charge is 0.467 e. The number of amides is 2. The lowest BCUT2D eigenvalue weighted by Gasteiger charge is -2.51. The van der Waals surface area contributed by atoms with Crippen molar-refractivity contribution in [2.45, 2.75) is 163 Å². The van der Waals surface area contributed by atoms with Crippen molar-refractivity contribution in [3.63, 3.8) is 0 Å². The Hall–Kier alpha value is -15.1. The molecule has 0 unspecified atom stereocenters. The Morgan fingerprint density at radius 1 is 0.285 bits per heavy atom. The minimum absolute atomic E-state index is 0.0612. The van der Waals surface area contributed by atoms with Gasteiger partial charge in [0.15, 0.2) is 80.1 Å². The second kappa shape index (κ2) is 46.7. The van der Waals surface area contributed by atoms with Gasteiger partial charge in [0.25, 0.3) is 0 Å². The predicted molar refractivity (Wildman–Crippen MR) is 474 cm³/mol. The highest BCUT2D eigenvalue weighted by Gasteiger charge is 2.63. The molecule has 4 aliphatic rings. The van der Waals surface area contributed by atoms with Crippen molar-refractivity contribution in [1.82, 2.24) is 10.6 Å². The van der Waals surface area contributed by atoms with Crippen molar-refractivity contribution in [3.05, 3.63) is 335 Å². The molecule has 10 aromatic carbocycles. The maximum atomic E-state index is 15.7. The fourth-order valence-electron chi connectivity index (χ4n) is 15.7. The Kier molecular flexibility index (Phi) is 33.4. The molecule has 2 N–H and O–H groups in total. The lowest BCUT2D eigenvalue weighted by Crippen LogP contribution is -2.72. The van der Waals surface area contributed by atoms with Gasteiger partial charge in [-0.05, 0) is 126 Å². The number of hydrogen-bond donors (Lipinski definition) is 2. The van der Waals surface area contributed by atoms with Gasteiger partial charge in [-0.15, -0.1) is 0 Å². The summed E-state index contributed by atoms with van der Waals surface area (Å²) in [5.41, 5.74) is -0.521. The number of carbonyl (C=O) groups is 14. The summed E-state index contributed by atoms with van der Waals surface area (Å²) in [6.07, 6.45) is -41.9. The Labute approximate surface area is 783 Å². The third-order valence-corrected chi connectivity index (χ3v) is 22.2. The number of Topliss-reactive ketones (excluding diaryl/α,β-unsaturated/α-hetero) is 1. The molecule has 35 heteroatoms. The number of ketones is 1. The Bertz CT molecular complexity index is 5890. The topological polar surface area (TPSA) is 438 Å². The van der Waals surface area contributed by atoms with E-state index in [2.05, 4.69) is 10.6 Å². The third kappa shape index (κ3) is 25.1. The van der Waals surface area contributed by atoms with Gasteiger partial charge in [0.2, 0.25) is 11.8 Å². The average Bonchev–Trinajstić information content (AvgIpc) is 0.744. The number of esters is 11. The summed E-state index contributed by atoms with van der Waals surface area (Å²) in [5, 5.41) is 7.15. The monoisotopic (exact) mass is 1870 g/mol. The van der Waals surface area contributed by atoms with Gasteiger partial charge in [0, 0.05) is 20.3 Å². The second-order valence-electron chi connectivity index (χ2n) is 31.7. The number of benzene rings is 10. The van der Waals surface area contributed by atoms with E-state index in [1.165, 1.54) is 189 Å². The summed E-state index contributed by atoms with van der Waals surface area (Å²) in [4.78, 5) is 207. The Balaban J connectivity index is 0.960. The van der Waals surface area contributed by atoms with Crippen molar-refractivity contribution in [1.29, 1.82) is 0 Å². The predicted octanol–water partition coefficient (Wildman–Crippen LogP) is 10.1. The van der Waals surface area contributed by atoms with Gasteiger partial charge >= 0.3 is 65.7 Å². The molecule has 4 saturated heterocycles. The number of nitrogens with one attached hydrogen (secondary N) is 2. The van der Waals surface area contributed by atoms with Gasteiger partial charge < -0.3 is 105 Å². The summed E-state index contributed by atoms with van der Waals surface area (Å²) >= 11 is 0. The van der Waals surface area contributed by atoms with E-state index >= 15 is 28.8 Å². The molecule has 137 heavy (non-hydrogen) atoms. The minimum Gasteiger partial charge on any atom is -0.467 e. The molecule has 20 atom stereocenters. The smallest absolute Gasteiger partial charge is 0.339 e. The van der Waals surface area contributed by atoms with Gasteiger partial charge in [0.1, 0.15) is 61.6 Å². The second-order valence-corrected chi connectivity index (χ2v) is 31.7. The first-order valence-corrected chi connectivity index (χ1v) is 43.4. The van der Waals surface area contributed by atoms with E-state index in [0.29, 0.717) is 5.56 Å². The standard InChI is InChI=1S/C102H94N2O33/c1-58(105)50-53-74(108)126-81-83(129-93(113)67-41-22-10-23-42-67)87(131-95(115)69-45-26-12-27-46-69)101(136-85(81)97(117)119-4)134-80-76(104-60(3)107)100(125-73(57-122-90(110)64-35-16-7-17-36-64)78(80)128-92(112)66-39-20-9-21-40-66)135-82-84(130-94(114)68-43-24-11-25-44-68)88(132-96(116)70-47-28-13-29-48-70)102(137-86(82)98(118)120-5)133-79-75(103-59(2)106)99(123-55-61-51-52-62-32-30-31-49-71(62)54-61)124-72(56-121-89(109)63-33-14-6-15-34-63)77(79)127-91(111)65-37-18-8-19-38-65/h6-49,51-52,54,72-73,75-88,99-102H,50,53,55-57H2,1-5H3,(H,103,106)(H,104,107)/t72-,73-,75-,76-,77-,78-,79-,80-,81+,82+,83+,84+,85+,86+,87-,88-,99-,100+,101-,102-/m1/s1. The first-order chi connectivity index (χ1) is 66.4. The van der Waals surface area contributed by atoms with Crippen LogP contribution in [0.4, 0.5) is 0 Å². The average molecular weight is 1880 g/mol. The van der Waals surface area contributed by atoms with Gasteiger partial charge in [-0.2, -0.15) is 0 Å². The van der Waals surface area contributed by atoms with Crippen LogP contribution in [0.5, 0.6) is 0 Å². The van der Waals surface area contributed by atoms with E-state index < -0.39 is 232 Å². The SMILES string of the molecule is COC(=O)[C@H]1O[C@@H](O[C@@H]2[C@@H](NC(C)=O)[C@H](O[C@H]3[C@H](OC(=O)c4ccccc4)[C@@H](OC(=O)c4ccccc4)[C@H](O[C@@H]4[C@@H](NC(C)=O)[C@H](OCc5ccc6ccccc6c5)O[C@H](COC(=O)c5ccccc5)[C@H]4OC(=O)c4ccccc4)O[C@@H]3C(=O)OC)O[C@H](COC(=O)c3ccccc3)[C@H]2OC(=O)c2ccccc2)[C@H](OC(=O)c2ccccc2)[C@@H](OC(=O)c2ccccc2)[C@@H]1OC(=O)CCC(C)=O. The minimum atomic E-state index is -2.53. The molecular weight excluding hydrogens is 1780 g/mol. The Morgan fingerprint density at radius 3 is 0.949 bits per heavy atom. The summed E-state index contributed by atoms with van der Waals surface area (Å²) in [7, 11) is 1.80. The zero-order chi connectivity index (χ0) is 96.6. The number of carbonyl (C=O) groups excluding carboxylic acids is 14. The molecule has 0 spiro atoms. The summed E-state index contributed by atoms with van der Waals surface area (Å²) in [5.74, 6) is -15.7. The first kappa shape index (κ1) is 97.9. The molecule has 0 radical (unpaired) electrons.